The topological polar surface area (TPSA) is 86.3 Å². The molecule has 0 spiro atoms. The number of aromatic amines is 1. The monoisotopic (exact) mass is 303 g/mol. The van der Waals surface area contributed by atoms with Gasteiger partial charge in [0.15, 0.2) is 17.2 Å². The number of benzene rings is 1. The molecule has 0 radical (unpaired) electrons. The number of carbonyl (C=O) groups is 1. The van der Waals surface area contributed by atoms with Crippen LogP contribution in [-0.2, 0) is 4.74 Å². The third-order valence-corrected chi connectivity index (χ3v) is 2.82. The van der Waals surface area contributed by atoms with E-state index in [1.165, 1.54) is 7.11 Å². The van der Waals surface area contributed by atoms with Gasteiger partial charge in [0.2, 0.25) is 0 Å². The van der Waals surface area contributed by atoms with Gasteiger partial charge in [-0.25, -0.2) is 4.79 Å². The first-order valence-corrected chi connectivity index (χ1v) is 6.71. The number of aromatic nitrogens is 3. The minimum Gasteiger partial charge on any atom is -0.493 e. The summed E-state index contributed by atoms with van der Waals surface area (Å²) in [5, 5.41) is 10.3. The number of carbonyl (C=O) groups excluding carboxylic acids is 1. The van der Waals surface area contributed by atoms with Gasteiger partial charge in [-0.15, -0.1) is 5.10 Å². The van der Waals surface area contributed by atoms with E-state index in [0.717, 1.165) is 0 Å². The van der Waals surface area contributed by atoms with E-state index < -0.39 is 5.97 Å². The lowest BCUT2D eigenvalue weighted by molar-refractivity contribution is 0.0520. The fourth-order valence-electron chi connectivity index (χ4n) is 1.91. The summed E-state index contributed by atoms with van der Waals surface area (Å²) in [5.41, 5.74) is 1.02. The Morgan fingerprint density at radius 3 is 2.91 bits per heavy atom. The summed E-state index contributed by atoms with van der Waals surface area (Å²) in [6.45, 7) is 5.89. The van der Waals surface area contributed by atoms with Gasteiger partial charge in [0.05, 0.1) is 19.3 Å². The van der Waals surface area contributed by atoms with Gasteiger partial charge in [0.1, 0.15) is 12.3 Å². The molecule has 1 N–H and O–H groups in total. The molecule has 1 aromatic heterocycles. The number of nitrogens with one attached hydrogen (secondary N) is 1. The van der Waals surface area contributed by atoms with E-state index in [9.17, 15) is 4.79 Å². The molecular formula is C15H17N3O4. The normalized spacial score (nSPS) is 10.1. The molecule has 0 amide bonds. The van der Waals surface area contributed by atoms with E-state index in [-0.39, 0.29) is 12.3 Å². The van der Waals surface area contributed by atoms with Crippen LogP contribution in [0, 0.1) is 0 Å². The minimum absolute atomic E-state index is 0.0959. The van der Waals surface area contributed by atoms with Crippen LogP contribution in [0.5, 0.6) is 11.5 Å². The van der Waals surface area contributed by atoms with Gasteiger partial charge in [0, 0.05) is 0 Å². The highest BCUT2D eigenvalue weighted by molar-refractivity contribution is 5.95. The fourth-order valence-corrected chi connectivity index (χ4v) is 1.91. The van der Waals surface area contributed by atoms with Crippen LogP contribution in [-0.4, -0.2) is 41.7 Å². The van der Waals surface area contributed by atoms with Crippen LogP contribution < -0.4 is 9.47 Å². The molecule has 0 unspecified atom stereocenters. The van der Waals surface area contributed by atoms with E-state index >= 15 is 0 Å². The highest BCUT2D eigenvalue weighted by atomic mass is 16.5. The number of hydrogen-bond acceptors (Lipinski definition) is 6. The van der Waals surface area contributed by atoms with E-state index in [1.807, 2.05) is 0 Å². The molecule has 1 aromatic carbocycles. The largest absolute Gasteiger partial charge is 0.493 e. The summed E-state index contributed by atoms with van der Waals surface area (Å²) in [4.78, 5) is 11.9. The summed E-state index contributed by atoms with van der Waals surface area (Å²) in [7, 11) is 1.54. The summed E-state index contributed by atoms with van der Waals surface area (Å²) < 4.78 is 15.9. The molecule has 0 aliphatic heterocycles. The van der Waals surface area contributed by atoms with Crippen LogP contribution in [0.2, 0.25) is 0 Å². The molecule has 22 heavy (non-hydrogen) atoms. The predicted molar refractivity (Wildman–Crippen MR) is 80.0 cm³/mol. The highest BCUT2D eigenvalue weighted by Crippen LogP contribution is 2.38. The third kappa shape index (κ3) is 3.08. The Morgan fingerprint density at radius 1 is 1.41 bits per heavy atom. The number of ether oxygens (including phenoxy) is 3. The molecule has 0 fully saturated rings. The van der Waals surface area contributed by atoms with Crippen LogP contribution in [0.3, 0.4) is 0 Å². The van der Waals surface area contributed by atoms with Crippen LogP contribution in [0.4, 0.5) is 0 Å². The van der Waals surface area contributed by atoms with Crippen molar-refractivity contribution in [3.05, 3.63) is 36.5 Å². The molecule has 2 rings (SSSR count). The maximum Gasteiger partial charge on any atom is 0.361 e. The number of rotatable bonds is 7. The van der Waals surface area contributed by atoms with Crippen LogP contribution >= 0.6 is 0 Å². The van der Waals surface area contributed by atoms with Gasteiger partial charge in [-0.1, -0.05) is 18.7 Å². The molecular weight excluding hydrogens is 286 g/mol. The van der Waals surface area contributed by atoms with Crippen molar-refractivity contribution >= 4 is 5.97 Å². The lowest BCUT2D eigenvalue weighted by Crippen LogP contribution is -2.07. The summed E-state index contributed by atoms with van der Waals surface area (Å²) >= 11 is 0. The van der Waals surface area contributed by atoms with Crippen LogP contribution in [0.25, 0.3) is 11.3 Å². The number of para-hydroxylation sites is 1. The zero-order valence-electron chi connectivity index (χ0n) is 12.5. The Kier molecular flexibility index (Phi) is 5.13. The smallest absolute Gasteiger partial charge is 0.361 e. The zero-order chi connectivity index (χ0) is 15.9. The van der Waals surface area contributed by atoms with Crippen molar-refractivity contribution in [3.63, 3.8) is 0 Å². The molecule has 0 aliphatic carbocycles. The van der Waals surface area contributed by atoms with Gasteiger partial charge < -0.3 is 14.2 Å². The number of methoxy groups -OCH3 is 1. The zero-order valence-corrected chi connectivity index (χ0v) is 12.5. The second kappa shape index (κ2) is 7.26. The van der Waals surface area contributed by atoms with E-state index in [1.54, 1.807) is 31.2 Å². The average Bonchev–Trinajstić information content (AvgIpc) is 3.02. The van der Waals surface area contributed by atoms with Crippen molar-refractivity contribution in [2.24, 2.45) is 0 Å². The second-order valence-corrected chi connectivity index (χ2v) is 4.18. The average molecular weight is 303 g/mol. The van der Waals surface area contributed by atoms with Gasteiger partial charge >= 0.3 is 5.97 Å². The molecule has 2 aromatic rings. The van der Waals surface area contributed by atoms with Crippen molar-refractivity contribution in [2.75, 3.05) is 20.3 Å². The summed E-state index contributed by atoms with van der Waals surface area (Å²) in [6, 6.07) is 5.30. The maximum absolute atomic E-state index is 11.9. The van der Waals surface area contributed by atoms with E-state index in [0.29, 0.717) is 29.4 Å². The van der Waals surface area contributed by atoms with Gasteiger partial charge in [-0.3, -0.25) is 0 Å². The summed E-state index contributed by atoms with van der Waals surface area (Å²) in [5.74, 6) is 0.435. The van der Waals surface area contributed by atoms with E-state index in [4.69, 9.17) is 14.2 Å². The Hall–Kier alpha value is -2.83. The van der Waals surface area contributed by atoms with Crippen molar-refractivity contribution in [1.29, 1.82) is 0 Å². The molecule has 0 bridgehead atoms. The molecule has 1 heterocycles. The quantitative estimate of drug-likeness (QED) is 0.623. The molecule has 116 valence electrons. The van der Waals surface area contributed by atoms with Gasteiger partial charge in [-0.2, -0.15) is 10.3 Å². The molecule has 7 heteroatoms. The van der Waals surface area contributed by atoms with Crippen molar-refractivity contribution in [3.8, 4) is 22.8 Å². The Balaban J connectivity index is 2.50. The Morgan fingerprint density at radius 2 is 2.23 bits per heavy atom. The lowest BCUT2D eigenvalue weighted by atomic mass is 10.1. The van der Waals surface area contributed by atoms with Gasteiger partial charge in [0.25, 0.3) is 0 Å². The lowest BCUT2D eigenvalue weighted by Gasteiger charge is -2.13. The highest BCUT2D eigenvalue weighted by Gasteiger charge is 2.23. The summed E-state index contributed by atoms with van der Waals surface area (Å²) in [6.07, 6.45) is 1.62. The molecule has 7 nitrogen and oxygen atoms in total. The number of esters is 1. The predicted octanol–water partition coefficient (Wildman–Crippen LogP) is 2.22. The standard InChI is InChI=1S/C15H17N3O4/c1-4-9-22-14-10(7-6-8-11(14)20-3)12-13(17-18-16-12)15(19)21-5-2/h4,6-8H,1,5,9H2,2-3H3,(H,16,17,18). The number of hydrogen-bond donors (Lipinski definition) is 1. The van der Waals surface area contributed by atoms with Crippen molar-refractivity contribution in [1.82, 2.24) is 15.4 Å². The Bertz CT molecular complexity index is 667. The first kappa shape index (κ1) is 15.6. The SMILES string of the molecule is C=CCOc1c(OC)cccc1-c1n[nH]nc1C(=O)OCC. The molecule has 0 saturated carbocycles. The number of H-pyrrole nitrogens is 1. The first-order chi connectivity index (χ1) is 10.7. The first-order valence-electron chi connectivity index (χ1n) is 6.71. The number of nitrogens with zero attached hydrogens (tertiary/aromatic N) is 2. The van der Waals surface area contributed by atoms with Crippen molar-refractivity contribution in [2.45, 2.75) is 6.92 Å². The third-order valence-electron chi connectivity index (χ3n) is 2.82. The maximum atomic E-state index is 11.9. The molecule has 0 atom stereocenters. The minimum atomic E-state index is -0.552. The van der Waals surface area contributed by atoms with E-state index in [2.05, 4.69) is 22.0 Å². The van der Waals surface area contributed by atoms with Crippen LogP contribution in [0.1, 0.15) is 17.4 Å². The molecule has 0 aliphatic rings. The second-order valence-electron chi connectivity index (χ2n) is 4.18. The fraction of sp³-hybridized carbons (Fsp3) is 0.267. The van der Waals surface area contributed by atoms with Gasteiger partial charge in [-0.05, 0) is 19.1 Å². The molecule has 0 saturated heterocycles. The van der Waals surface area contributed by atoms with Crippen LogP contribution in [0.15, 0.2) is 30.9 Å². The Labute approximate surface area is 127 Å². The van der Waals surface area contributed by atoms with Crippen molar-refractivity contribution < 1.29 is 19.0 Å².